The lowest BCUT2D eigenvalue weighted by molar-refractivity contribution is -0.144. The van der Waals surface area contributed by atoms with E-state index in [1.54, 1.807) is 18.5 Å². The van der Waals surface area contributed by atoms with Gasteiger partial charge in [-0.25, -0.2) is 15.0 Å². The molecule has 0 aliphatic rings. The molecule has 0 spiro atoms. The molecule has 0 bridgehead atoms. The molecule has 0 aliphatic carbocycles. The Labute approximate surface area is 190 Å². The van der Waals surface area contributed by atoms with Crippen LogP contribution in [0.5, 0.6) is 0 Å². The molecule has 0 radical (unpaired) electrons. The van der Waals surface area contributed by atoms with Gasteiger partial charge in [0, 0.05) is 14.1 Å². The first-order valence-corrected chi connectivity index (χ1v) is 11.3. The molecule has 0 aromatic carbocycles. The molecule has 32 heavy (non-hydrogen) atoms. The monoisotopic (exact) mass is 456 g/mol. The van der Waals surface area contributed by atoms with Gasteiger partial charge in [-0.1, -0.05) is 19.4 Å². The minimum absolute atomic E-state index is 0.00588. The van der Waals surface area contributed by atoms with Crippen molar-refractivity contribution in [1.82, 2.24) is 24.8 Å². The summed E-state index contributed by atoms with van der Waals surface area (Å²) in [7, 11) is 3.25. The zero-order valence-corrected chi connectivity index (χ0v) is 19.4. The molecule has 9 nitrogen and oxygen atoms in total. The minimum atomic E-state index is -1.27. The van der Waals surface area contributed by atoms with Gasteiger partial charge in [0.2, 0.25) is 11.7 Å². The van der Waals surface area contributed by atoms with E-state index in [4.69, 9.17) is 0 Å². The van der Waals surface area contributed by atoms with Crippen molar-refractivity contribution in [3.05, 3.63) is 34.5 Å². The molecular formula is C22H28N6O3S. The molecule has 3 aromatic heterocycles. The van der Waals surface area contributed by atoms with E-state index < -0.39 is 17.6 Å². The maximum absolute atomic E-state index is 12.4. The van der Waals surface area contributed by atoms with Gasteiger partial charge in [-0.05, 0) is 36.6 Å². The van der Waals surface area contributed by atoms with Crippen LogP contribution < -0.4 is 10.6 Å². The number of thiophene rings is 1. The van der Waals surface area contributed by atoms with E-state index in [2.05, 4.69) is 37.4 Å². The van der Waals surface area contributed by atoms with Crippen LogP contribution in [0.3, 0.4) is 0 Å². The predicted molar refractivity (Wildman–Crippen MR) is 124 cm³/mol. The van der Waals surface area contributed by atoms with E-state index in [0.717, 1.165) is 4.88 Å². The average Bonchev–Trinajstić information content (AvgIpc) is 3.46. The number of nitrogens with zero attached hydrogens (tertiary/aromatic N) is 4. The van der Waals surface area contributed by atoms with Crippen molar-refractivity contribution in [3.8, 4) is 11.8 Å². The van der Waals surface area contributed by atoms with Crippen LogP contribution >= 0.6 is 11.3 Å². The number of hydrogen-bond donors (Lipinski definition) is 4. The van der Waals surface area contributed by atoms with Crippen molar-refractivity contribution < 1.29 is 15.0 Å². The Bertz CT molecular complexity index is 1130. The lowest BCUT2D eigenvalue weighted by atomic mass is 9.76. The highest BCUT2D eigenvalue weighted by molar-refractivity contribution is 7.10. The number of amides is 1. The largest absolute Gasteiger partial charge is 0.389 e. The SMILES string of the molecule is CCCC(C)(C(=O)NC)[C@@H](O)[C@@H](O)Cn1cnc2c(NC)nc(C#Cc3cccs3)nc21. The second kappa shape index (κ2) is 10.1. The number of aliphatic hydroxyl groups excluding tert-OH is 2. The van der Waals surface area contributed by atoms with Crippen molar-refractivity contribution in [3.63, 3.8) is 0 Å². The number of rotatable bonds is 8. The summed E-state index contributed by atoms with van der Waals surface area (Å²) >= 11 is 1.53. The number of aliphatic hydroxyl groups is 2. The van der Waals surface area contributed by atoms with Gasteiger partial charge in [0.15, 0.2) is 17.0 Å². The molecular weight excluding hydrogens is 428 g/mol. The summed E-state index contributed by atoms with van der Waals surface area (Å²) in [6, 6.07) is 3.83. The summed E-state index contributed by atoms with van der Waals surface area (Å²) in [5, 5.41) is 29.2. The highest BCUT2D eigenvalue weighted by atomic mass is 32.1. The average molecular weight is 457 g/mol. The van der Waals surface area contributed by atoms with Crippen LogP contribution in [-0.4, -0.2) is 61.9 Å². The van der Waals surface area contributed by atoms with Crippen molar-refractivity contribution in [2.24, 2.45) is 5.41 Å². The fourth-order valence-electron chi connectivity index (χ4n) is 3.70. The molecule has 170 valence electrons. The summed E-state index contributed by atoms with van der Waals surface area (Å²) in [6.45, 7) is 3.60. The Hall–Kier alpha value is -3.00. The van der Waals surface area contributed by atoms with Crippen LogP contribution in [0.1, 0.15) is 37.4 Å². The summed E-state index contributed by atoms with van der Waals surface area (Å²) in [4.78, 5) is 26.6. The first kappa shape index (κ1) is 23.7. The van der Waals surface area contributed by atoms with E-state index in [1.165, 1.54) is 24.7 Å². The van der Waals surface area contributed by atoms with Gasteiger partial charge in [0.25, 0.3) is 0 Å². The molecule has 10 heteroatoms. The minimum Gasteiger partial charge on any atom is -0.389 e. The Morgan fingerprint density at radius 3 is 2.72 bits per heavy atom. The van der Waals surface area contributed by atoms with Crippen molar-refractivity contribution in [1.29, 1.82) is 0 Å². The van der Waals surface area contributed by atoms with Gasteiger partial charge >= 0.3 is 0 Å². The number of nitrogens with one attached hydrogen (secondary N) is 2. The van der Waals surface area contributed by atoms with Crippen LogP contribution in [0.15, 0.2) is 23.8 Å². The molecule has 4 N–H and O–H groups in total. The van der Waals surface area contributed by atoms with E-state index in [1.807, 2.05) is 24.4 Å². The van der Waals surface area contributed by atoms with E-state index >= 15 is 0 Å². The third kappa shape index (κ3) is 4.75. The second-order valence-corrected chi connectivity index (χ2v) is 8.65. The van der Waals surface area contributed by atoms with Crippen molar-refractivity contribution >= 4 is 34.2 Å². The molecule has 3 atom stereocenters. The molecule has 0 saturated carbocycles. The summed E-state index contributed by atoms with van der Waals surface area (Å²) in [5.74, 6) is 6.51. The van der Waals surface area contributed by atoms with E-state index in [9.17, 15) is 15.0 Å². The van der Waals surface area contributed by atoms with Crippen LogP contribution in [0, 0.1) is 17.3 Å². The fraction of sp³-hybridized carbons (Fsp3) is 0.455. The number of aromatic nitrogens is 4. The Kier molecular flexibility index (Phi) is 7.45. The Balaban J connectivity index is 1.93. The maximum Gasteiger partial charge on any atom is 0.228 e. The molecule has 0 aliphatic heterocycles. The lowest BCUT2D eigenvalue weighted by Crippen LogP contribution is -2.51. The molecule has 3 heterocycles. The molecule has 3 aromatic rings. The predicted octanol–water partition coefficient (Wildman–Crippen LogP) is 1.60. The number of fused-ring (bicyclic) bond motifs is 1. The molecule has 0 fully saturated rings. The normalized spacial score (nSPS) is 14.8. The number of hydrogen-bond acceptors (Lipinski definition) is 8. The van der Waals surface area contributed by atoms with Crippen LogP contribution in [0.25, 0.3) is 11.2 Å². The summed E-state index contributed by atoms with van der Waals surface area (Å²) in [6.07, 6.45) is 0.166. The maximum atomic E-state index is 12.4. The lowest BCUT2D eigenvalue weighted by Gasteiger charge is -2.35. The first-order valence-electron chi connectivity index (χ1n) is 10.4. The molecule has 0 saturated heterocycles. The van der Waals surface area contributed by atoms with E-state index in [-0.39, 0.29) is 12.5 Å². The molecule has 3 rings (SSSR count). The van der Waals surface area contributed by atoms with Gasteiger partial charge in [0.05, 0.1) is 35.4 Å². The zero-order chi connectivity index (χ0) is 23.3. The van der Waals surface area contributed by atoms with E-state index in [0.29, 0.717) is 35.6 Å². The highest BCUT2D eigenvalue weighted by Gasteiger charge is 2.43. The second-order valence-electron chi connectivity index (χ2n) is 7.70. The van der Waals surface area contributed by atoms with Crippen molar-refractivity contribution in [2.45, 2.75) is 45.4 Å². The van der Waals surface area contributed by atoms with Gasteiger partial charge in [0.1, 0.15) is 0 Å². The molecule has 1 unspecified atom stereocenters. The number of carbonyl (C=O) groups is 1. The Morgan fingerprint density at radius 2 is 2.09 bits per heavy atom. The van der Waals surface area contributed by atoms with Crippen LogP contribution in [0.4, 0.5) is 5.82 Å². The topological polar surface area (TPSA) is 125 Å². The Morgan fingerprint density at radius 1 is 1.31 bits per heavy atom. The van der Waals surface area contributed by atoms with Crippen LogP contribution in [-0.2, 0) is 11.3 Å². The van der Waals surface area contributed by atoms with Gasteiger partial charge in [-0.15, -0.1) is 11.3 Å². The smallest absolute Gasteiger partial charge is 0.228 e. The first-order chi connectivity index (χ1) is 15.3. The van der Waals surface area contributed by atoms with Crippen molar-refractivity contribution in [2.75, 3.05) is 19.4 Å². The van der Waals surface area contributed by atoms with Gasteiger partial charge in [-0.2, -0.15) is 0 Å². The third-order valence-corrected chi connectivity index (χ3v) is 6.22. The number of carbonyl (C=O) groups excluding carboxylic acids is 1. The summed E-state index contributed by atoms with van der Waals surface area (Å²) < 4.78 is 1.64. The number of imidazole rings is 1. The quantitative estimate of drug-likeness (QED) is 0.380. The standard InChI is InChI=1S/C22H28N6O3S/c1-5-10-22(2,21(31)24-4)18(30)15(29)12-28-13-25-17-19(23-3)26-16(27-20(17)28)9-8-14-7-6-11-32-14/h6-7,11,13,15,18,29-30H,5,10,12H2,1-4H3,(H,24,31)(H,23,26,27)/t15-,18-,22?/m0/s1. The van der Waals surface area contributed by atoms with Gasteiger partial charge < -0.3 is 25.4 Å². The molecule has 1 amide bonds. The summed E-state index contributed by atoms with van der Waals surface area (Å²) in [5.41, 5.74) is -0.122. The van der Waals surface area contributed by atoms with Crippen LogP contribution in [0.2, 0.25) is 0 Å². The van der Waals surface area contributed by atoms with Gasteiger partial charge in [-0.3, -0.25) is 4.79 Å². The highest BCUT2D eigenvalue weighted by Crippen LogP contribution is 2.31. The fourth-order valence-corrected chi connectivity index (χ4v) is 4.27. The third-order valence-electron chi connectivity index (χ3n) is 5.44. The zero-order valence-electron chi connectivity index (χ0n) is 18.6. The number of anilines is 1.